The third kappa shape index (κ3) is 8.14. The van der Waals surface area contributed by atoms with Crippen molar-refractivity contribution in [1.29, 1.82) is 0 Å². The number of hydrogen-bond acceptors (Lipinski definition) is 3. The van der Waals surface area contributed by atoms with Crippen molar-refractivity contribution in [1.82, 2.24) is 4.90 Å². The summed E-state index contributed by atoms with van der Waals surface area (Å²) in [6.07, 6.45) is 7.75. The largest absolute Gasteiger partial charge is 0.460 e. The smallest absolute Gasteiger partial charge is 0.307 e. The van der Waals surface area contributed by atoms with Crippen molar-refractivity contribution in [3.63, 3.8) is 0 Å². The Hall–Kier alpha value is -2.13. The van der Waals surface area contributed by atoms with E-state index < -0.39 is 5.60 Å². The van der Waals surface area contributed by atoms with Crippen molar-refractivity contribution in [2.75, 3.05) is 6.54 Å². The zero-order valence-corrected chi connectivity index (χ0v) is 19.6. The van der Waals surface area contributed by atoms with Gasteiger partial charge in [0.25, 0.3) is 0 Å². The topological polar surface area (TPSA) is 29.5 Å². The lowest BCUT2D eigenvalue weighted by Crippen LogP contribution is -2.44. The fourth-order valence-electron chi connectivity index (χ4n) is 4.76. The molecule has 0 spiro atoms. The second kappa shape index (κ2) is 11.5. The van der Waals surface area contributed by atoms with Crippen LogP contribution in [-0.4, -0.2) is 29.1 Å². The average molecular weight is 422 g/mol. The van der Waals surface area contributed by atoms with E-state index >= 15 is 0 Å². The number of benzene rings is 2. The van der Waals surface area contributed by atoms with Crippen molar-refractivity contribution in [2.24, 2.45) is 5.92 Å². The molecule has 0 bridgehead atoms. The van der Waals surface area contributed by atoms with Gasteiger partial charge in [-0.2, -0.15) is 0 Å². The number of hydrogen-bond donors (Lipinski definition) is 0. The van der Waals surface area contributed by atoms with Gasteiger partial charge in [0, 0.05) is 19.1 Å². The van der Waals surface area contributed by atoms with Crippen LogP contribution in [0.25, 0.3) is 0 Å². The van der Waals surface area contributed by atoms with Gasteiger partial charge < -0.3 is 4.74 Å². The number of ether oxygens (including phenoxy) is 1. The van der Waals surface area contributed by atoms with Crippen molar-refractivity contribution in [2.45, 2.75) is 83.9 Å². The molecule has 3 rings (SSSR count). The Kier molecular flexibility index (Phi) is 8.71. The Labute approximate surface area is 188 Å². The first kappa shape index (κ1) is 23.5. The van der Waals surface area contributed by atoms with E-state index in [1.54, 1.807) is 0 Å². The Balaban J connectivity index is 1.81. The quantitative estimate of drug-likeness (QED) is 0.438. The molecule has 3 heteroatoms. The fourth-order valence-corrected chi connectivity index (χ4v) is 4.76. The summed E-state index contributed by atoms with van der Waals surface area (Å²) in [5.41, 5.74) is 2.21. The zero-order valence-electron chi connectivity index (χ0n) is 19.6. The molecule has 3 nitrogen and oxygen atoms in total. The van der Waals surface area contributed by atoms with Gasteiger partial charge in [-0.3, -0.25) is 9.69 Å². The maximum atomic E-state index is 12.9. The lowest BCUT2D eigenvalue weighted by atomic mass is 9.81. The molecule has 1 unspecified atom stereocenters. The molecule has 0 heterocycles. The second-order valence-corrected chi connectivity index (χ2v) is 9.95. The lowest BCUT2D eigenvalue weighted by molar-refractivity contribution is -0.157. The predicted octanol–water partition coefficient (Wildman–Crippen LogP) is 6.41. The predicted molar refractivity (Wildman–Crippen MR) is 128 cm³/mol. The molecule has 0 saturated heterocycles. The van der Waals surface area contributed by atoms with E-state index in [2.05, 4.69) is 65.6 Å². The molecule has 2 aromatic carbocycles. The minimum absolute atomic E-state index is 0.0687. The Morgan fingerprint density at radius 1 is 0.935 bits per heavy atom. The SMILES string of the molecule is CC(C)(C)OC(=O)CC(C1CCCCC1)N(CCc1ccccc1)Cc1ccccc1. The summed E-state index contributed by atoms with van der Waals surface area (Å²) in [5.74, 6) is 0.488. The van der Waals surface area contributed by atoms with E-state index in [1.165, 1.54) is 43.2 Å². The molecule has 0 amide bonds. The van der Waals surface area contributed by atoms with Crippen molar-refractivity contribution in [3.8, 4) is 0 Å². The van der Waals surface area contributed by atoms with Crippen LogP contribution in [0.5, 0.6) is 0 Å². The highest BCUT2D eigenvalue weighted by Gasteiger charge is 2.32. The van der Waals surface area contributed by atoms with Gasteiger partial charge >= 0.3 is 5.97 Å². The third-order valence-electron chi connectivity index (χ3n) is 6.22. The average Bonchev–Trinajstić information content (AvgIpc) is 2.76. The van der Waals surface area contributed by atoms with Crippen LogP contribution in [0.15, 0.2) is 60.7 Å². The minimum atomic E-state index is -0.442. The number of nitrogens with zero attached hydrogens (tertiary/aromatic N) is 1. The van der Waals surface area contributed by atoms with Gasteiger partial charge in [-0.1, -0.05) is 79.9 Å². The van der Waals surface area contributed by atoms with Crippen molar-refractivity contribution >= 4 is 5.97 Å². The van der Waals surface area contributed by atoms with Crippen molar-refractivity contribution in [3.05, 3.63) is 71.8 Å². The van der Waals surface area contributed by atoms with Gasteiger partial charge in [-0.15, -0.1) is 0 Å². The maximum Gasteiger partial charge on any atom is 0.307 e. The van der Waals surface area contributed by atoms with Gasteiger partial charge in [0.15, 0.2) is 0 Å². The summed E-state index contributed by atoms with van der Waals surface area (Å²) < 4.78 is 5.76. The molecule has 2 aromatic rings. The Bertz CT molecular complexity index is 776. The highest BCUT2D eigenvalue weighted by atomic mass is 16.6. The van der Waals surface area contributed by atoms with Crippen LogP contribution < -0.4 is 0 Å². The number of esters is 1. The number of rotatable bonds is 9. The summed E-state index contributed by atoms with van der Waals surface area (Å²) in [7, 11) is 0. The molecule has 1 aliphatic rings. The van der Waals surface area contributed by atoms with E-state index in [4.69, 9.17) is 4.74 Å². The summed E-state index contributed by atoms with van der Waals surface area (Å²) in [5, 5.41) is 0. The van der Waals surface area contributed by atoms with Gasteiger partial charge in [-0.25, -0.2) is 0 Å². The first-order chi connectivity index (χ1) is 14.9. The summed E-state index contributed by atoms with van der Waals surface area (Å²) in [6.45, 7) is 7.69. The molecular weight excluding hydrogens is 382 g/mol. The lowest BCUT2D eigenvalue weighted by Gasteiger charge is -2.39. The standard InChI is InChI=1S/C28H39NO2/c1-28(2,3)31-27(30)21-26(25-17-11-6-12-18-25)29(22-24-15-9-5-10-16-24)20-19-23-13-7-4-8-14-23/h4-5,7-10,13-16,25-26H,6,11-12,17-22H2,1-3H3. The molecular formula is C28H39NO2. The number of carbonyl (C=O) groups excluding carboxylic acids is 1. The number of carbonyl (C=O) groups is 1. The first-order valence-corrected chi connectivity index (χ1v) is 11.9. The molecule has 0 radical (unpaired) electrons. The highest BCUT2D eigenvalue weighted by Crippen LogP contribution is 2.32. The normalized spacial score (nSPS) is 16.3. The second-order valence-electron chi connectivity index (χ2n) is 9.95. The maximum absolute atomic E-state index is 12.9. The van der Waals surface area contributed by atoms with Gasteiger partial charge in [-0.05, 0) is 57.1 Å². The van der Waals surface area contributed by atoms with E-state index in [1.807, 2.05) is 20.8 Å². The molecule has 0 aromatic heterocycles. The van der Waals surface area contributed by atoms with Crippen LogP contribution >= 0.6 is 0 Å². The Morgan fingerprint density at radius 2 is 1.52 bits per heavy atom. The first-order valence-electron chi connectivity index (χ1n) is 11.9. The molecule has 168 valence electrons. The summed E-state index contributed by atoms with van der Waals surface area (Å²) >= 11 is 0. The monoisotopic (exact) mass is 421 g/mol. The highest BCUT2D eigenvalue weighted by molar-refractivity contribution is 5.70. The molecule has 1 saturated carbocycles. The molecule has 31 heavy (non-hydrogen) atoms. The van der Waals surface area contributed by atoms with Crippen LogP contribution in [0, 0.1) is 5.92 Å². The molecule has 1 fully saturated rings. The molecule has 0 N–H and O–H groups in total. The van der Waals surface area contributed by atoms with E-state index in [0.29, 0.717) is 12.3 Å². The van der Waals surface area contributed by atoms with Gasteiger partial charge in [0.1, 0.15) is 5.60 Å². The van der Waals surface area contributed by atoms with Crippen LogP contribution in [0.4, 0.5) is 0 Å². The fraction of sp³-hybridized carbons (Fsp3) is 0.536. The summed E-state index contributed by atoms with van der Waals surface area (Å²) in [4.78, 5) is 15.5. The van der Waals surface area contributed by atoms with Gasteiger partial charge in [0.2, 0.25) is 0 Å². The minimum Gasteiger partial charge on any atom is -0.460 e. The van der Waals surface area contributed by atoms with Crippen LogP contribution in [0.1, 0.15) is 70.4 Å². The van der Waals surface area contributed by atoms with E-state index in [0.717, 1.165) is 19.5 Å². The van der Waals surface area contributed by atoms with E-state index in [9.17, 15) is 4.79 Å². The summed E-state index contributed by atoms with van der Waals surface area (Å²) in [6, 6.07) is 21.6. The molecule has 1 atom stereocenters. The van der Waals surface area contributed by atoms with Crippen LogP contribution in [0.2, 0.25) is 0 Å². The zero-order chi connectivity index (χ0) is 22.1. The molecule has 0 aliphatic heterocycles. The van der Waals surface area contributed by atoms with Crippen molar-refractivity contribution < 1.29 is 9.53 Å². The van der Waals surface area contributed by atoms with E-state index in [-0.39, 0.29) is 12.0 Å². The van der Waals surface area contributed by atoms with Gasteiger partial charge in [0.05, 0.1) is 6.42 Å². The van der Waals surface area contributed by atoms with Crippen LogP contribution in [-0.2, 0) is 22.5 Å². The third-order valence-corrected chi connectivity index (χ3v) is 6.22. The van der Waals surface area contributed by atoms with Crippen LogP contribution in [0.3, 0.4) is 0 Å². The Morgan fingerprint density at radius 3 is 2.10 bits per heavy atom. The molecule has 1 aliphatic carbocycles.